The number of hydrogen-bond acceptors (Lipinski definition) is 3. The van der Waals surface area contributed by atoms with Crippen LogP contribution in [-0.4, -0.2) is 15.9 Å². The molecule has 0 fully saturated rings. The minimum absolute atomic E-state index is 0. The van der Waals surface area contributed by atoms with E-state index in [9.17, 15) is 9.90 Å². The van der Waals surface area contributed by atoms with Crippen molar-refractivity contribution in [3.63, 3.8) is 0 Å². The standard InChI is InChI=1S/C18H16N.C11H20O2.Ir/c1-3-14-10-13(2)11-16(12-14)18-9-8-15-6-4-5-7-17(15)19-18;1-10(2,3)8(12)7-9(13)11(4,5)6;/h4-10,12H,3H2,1-2H3;7,12H,1-6H3;/q-1;;. The first-order valence-electron chi connectivity index (χ1n) is 11.2. The number of ketones is 1. The zero-order valence-electron chi connectivity index (χ0n) is 21.0. The number of hydrogen-bond donors (Lipinski definition) is 1. The Kier molecular flexibility index (Phi) is 10.2. The topological polar surface area (TPSA) is 50.2 Å². The Morgan fingerprint density at radius 1 is 1.00 bits per heavy atom. The SMILES string of the molecule is CC(C)(C)C(=O)C=C(O)C(C)(C)C.CCc1cc(C)[c-]c(-c2ccc3ccccc3n2)c1.[Ir]. The molecule has 1 radical (unpaired) electrons. The molecule has 0 aliphatic rings. The summed E-state index contributed by atoms with van der Waals surface area (Å²) in [6.45, 7) is 15.4. The van der Waals surface area contributed by atoms with Crippen LogP contribution in [0.25, 0.3) is 22.2 Å². The second kappa shape index (κ2) is 11.7. The number of aromatic nitrogens is 1. The largest absolute Gasteiger partial charge is 0.512 e. The molecule has 179 valence electrons. The van der Waals surface area contributed by atoms with E-state index in [0.29, 0.717) is 0 Å². The smallest absolute Gasteiger partial charge is 0.164 e. The number of aliphatic hydroxyl groups is 1. The minimum atomic E-state index is -0.417. The number of aryl methyl sites for hydroxylation is 2. The van der Waals surface area contributed by atoms with Gasteiger partial charge in [0.2, 0.25) is 0 Å². The summed E-state index contributed by atoms with van der Waals surface area (Å²) >= 11 is 0. The van der Waals surface area contributed by atoms with Crippen LogP contribution < -0.4 is 0 Å². The van der Waals surface area contributed by atoms with Gasteiger partial charge in [0.25, 0.3) is 0 Å². The quantitative estimate of drug-likeness (QED) is 0.185. The molecular weight excluding hydrogens is 587 g/mol. The van der Waals surface area contributed by atoms with Crippen molar-refractivity contribution in [2.24, 2.45) is 10.8 Å². The molecule has 0 bridgehead atoms. The van der Waals surface area contributed by atoms with Crippen LogP contribution in [0.4, 0.5) is 0 Å². The first kappa shape index (κ1) is 28.7. The predicted octanol–water partition coefficient (Wildman–Crippen LogP) is 7.66. The number of pyridine rings is 1. The van der Waals surface area contributed by atoms with Crippen molar-refractivity contribution in [3.8, 4) is 11.3 Å². The van der Waals surface area contributed by atoms with E-state index in [-0.39, 0.29) is 37.1 Å². The summed E-state index contributed by atoms with van der Waals surface area (Å²) in [5.74, 6) is 0.104. The molecule has 0 saturated heterocycles. The van der Waals surface area contributed by atoms with Crippen molar-refractivity contribution < 1.29 is 30.0 Å². The van der Waals surface area contributed by atoms with E-state index in [2.05, 4.69) is 56.3 Å². The zero-order chi connectivity index (χ0) is 24.1. The van der Waals surface area contributed by atoms with Crippen molar-refractivity contribution >= 4 is 16.7 Å². The van der Waals surface area contributed by atoms with Crippen molar-refractivity contribution in [2.75, 3.05) is 0 Å². The number of rotatable bonds is 3. The number of carbonyl (C=O) groups excluding carboxylic acids is 1. The van der Waals surface area contributed by atoms with Gasteiger partial charge in [-0.3, -0.25) is 9.78 Å². The summed E-state index contributed by atoms with van der Waals surface area (Å²) in [7, 11) is 0. The van der Waals surface area contributed by atoms with Crippen LogP contribution in [0.2, 0.25) is 0 Å². The third-order valence-electron chi connectivity index (χ3n) is 5.12. The molecule has 0 saturated carbocycles. The molecule has 33 heavy (non-hydrogen) atoms. The Morgan fingerprint density at radius 2 is 1.64 bits per heavy atom. The van der Waals surface area contributed by atoms with Gasteiger partial charge in [0.05, 0.1) is 5.52 Å². The monoisotopic (exact) mass is 623 g/mol. The summed E-state index contributed by atoms with van der Waals surface area (Å²) in [5, 5.41) is 10.7. The molecule has 3 rings (SSSR count). The number of para-hydroxylation sites is 1. The summed E-state index contributed by atoms with van der Waals surface area (Å²) in [4.78, 5) is 16.2. The van der Waals surface area contributed by atoms with Crippen LogP contribution in [0.1, 0.15) is 59.6 Å². The zero-order valence-corrected chi connectivity index (χ0v) is 23.4. The van der Waals surface area contributed by atoms with Gasteiger partial charge in [-0.1, -0.05) is 85.7 Å². The van der Waals surface area contributed by atoms with Crippen LogP contribution >= 0.6 is 0 Å². The van der Waals surface area contributed by atoms with E-state index in [1.54, 1.807) is 0 Å². The van der Waals surface area contributed by atoms with Gasteiger partial charge >= 0.3 is 0 Å². The molecule has 0 atom stereocenters. The Labute approximate surface area is 212 Å². The fraction of sp³-hybridized carbons (Fsp3) is 0.379. The summed E-state index contributed by atoms with van der Waals surface area (Å²) in [5.41, 5.74) is 4.86. The van der Waals surface area contributed by atoms with E-state index in [4.69, 9.17) is 4.98 Å². The molecule has 2 aromatic carbocycles. The summed E-state index contributed by atoms with van der Waals surface area (Å²) < 4.78 is 0. The number of fused-ring (bicyclic) bond motifs is 1. The number of carbonyl (C=O) groups is 1. The third kappa shape index (κ3) is 8.53. The molecule has 4 heteroatoms. The minimum Gasteiger partial charge on any atom is -0.512 e. The fourth-order valence-corrected chi connectivity index (χ4v) is 2.91. The molecule has 3 aromatic rings. The first-order valence-corrected chi connectivity index (χ1v) is 11.2. The molecule has 0 spiro atoms. The van der Waals surface area contributed by atoms with Gasteiger partial charge in [-0.25, -0.2) is 0 Å². The van der Waals surface area contributed by atoms with Crippen LogP contribution in [0.5, 0.6) is 0 Å². The second-order valence-electron chi connectivity index (χ2n) is 10.2. The van der Waals surface area contributed by atoms with Crippen molar-refractivity contribution in [3.05, 3.63) is 77.6 Å². The molecule has 0 unspecified atom stereocenters. The van der Waals surface area contributed by atoms with Crippen molar-refractivity contribution in [1.29, 1.82) is 0 Å². The van der Waals surface area contributed by atoms with E-state index in [1.165, 1.54) is 22.6 Å². The van der Waals surface area contributed by atoms with E-state index < -0.39 is 5.41 Å². The third-order valence-corrected chi connectivity index (χ3v) is 5.12. The second-order valence-corrected chi connectivity index (χ2v) is 10.2. The van der Waals surface area contributed by atoms with Gasteiger partial charge in [-0.2, -0.15) is 0 Å². The van der Waals surface area contributed by atoms with Crippen LogP contribution in [-0.2, 0) is 31.3 Å². The molecule has 0 amide bonds. The van der Waals surface area contributed by atoms with Gasteiger partial charge in [0, 0.05) is 37.0 Å². The molecule has 0 aliphatic heterocycles. The average molecular weight is 623 g/mol. The van der Waals surface area contributed by atoms with E-state index in [0.717, 1.165) is 23.2 Å². The Bertz CT molecular complexity index is 1120. The van der Waals surface area contributed by atoms with Gasteiger partial charge in [0.1, 0.15) is 5.76 Å². The Morgan fingerprint density at radius 3 is 2.21 bits per heavy atom. The average Bonchev–Trinajstić information content (AvgIpc) is 2.72. The Balaban J connectivity index is 0.000000346. The summed E-state index contributed by atoms with van der Waals surface area (Å²) in [6, 6.07) is 20.2. The number of allylic oxidation sites excluding steroid dienone is 2. The number of aliphatic hydroxyl groups excluding tert-OH is 1. The molecule has 1 aromatic heterocycles. The Hall–Kier alpha value is -2.29. The molecule has 1 N–H and O–H groups in total. The van der Waals surface area contributed by atoms with Gasteiger partial charge < -0.3 is 5.11 Å². The van der Waals surface area contributed by atoms with Crippen molar-refractivity contribution in [2.45, 2.75) is 61.8 Å². The molecule has 3 nitrogen and oxygen atoms in total. The van der Waals surface area contributed by atoms with Crippen LogP contribution in [0.15, 0.2) is 60.4 Å². The van der Waals surface area contributed by atoms with Gasteiger partial charge in [-0.15, -0.1) is 34.9 Å². The fourth-order valence-electron chi connectivity index (χ4n) is 2.91. The van der Waals surface area contributed by atoms with Crippen molar-refractivity contribution in [1.82, 2.24) is 4.98 Å². The number of benzene rings is 2. The first-order chi connectivity index (χ1) is 14.8. The maximum Gasteiger partial charge on any atom is 0.164 e. The molecular formula is C29H36IrNO2-. The maximum absolute atomic E-state index is 11.5. The van der Waals surface area contributed by atoms with Crippen LogP contribution in [0, 0.1) is 23.8 Å². The van der Waals surface area contributed by atoms with E-state index in [1.807, 2.05) is 53.7 Å². The summed E-state index contributed by atoms with van der Waals surface area (Å²) in [6.07, 6.45) is 2.37. The van der Waals surface area contributed by atoms with Crippen LogP contribution in [0.3, 0.4) is 0 Å². The van der Waals surface area contributed by atoms with Gasteiger partial charge in [-0.05, 0) is 23.6 Å². The van der Waals surface area contributed by atoms with Gasteiger partial charge in [0.15, 0.2) is 5.78 Å². The van der Waals surface area contributed by atoms with E-state index >= 15 is 0 Å². The normalized spacial score (nSPS) is 11.9. The number of nitrogens with zero attached hydrogens (tertiary/aromatic N) is 1. The predicted molar refractivity (Wildman–Crippen MR) is 135 cm³/mol. The molecule has 1 heterocycles. The maximum atomic E-state index is 11.5. The molecule has 0 aliphatic carbocycles.